The van der Waals surface area contributed by atoms with E-state index < -0.39 is 0 Å². The lowest BCUT2D eigenvalue weighted by molar-refractivity contribution is 1.17. The Morgan fingerprint density at radius 2 is 1.83 bits per heavy atom. The Bertz CT molecular complexity index is 710. The fourth-order valence-electron chi connectivity index (χ4n) is 2.10. The van der Waals surface area contributed by atoms with Crippen molar-refractivity contribution in [3.05, 3.63) is 41.5 Å². The zero-order chi connectivity index (χ0) is 12.7. The first-order valence-electron chi connectivity index (χ1n) is 5.89. The monoisotopic (exact) mass is 238 g/mol. The summed E-state index contributed by atoms with van der Waals surface area (Å²) in [5, 5.41) is 1.06. The first-order chi connectivity index (χ1) is 8.66. The van der Waals surface area contributed by atoms with Crippen LogP contribution in [0.4, 0.5) is 0 Å². The molecular weight excluding hydrogens is 224 g/mol. The van der Waals surface area contributed by atoms with Crippen LogP contribution in [0.2, 0.25) is 0 Å². The molecule has 0 aliphatic rings. The molecule has 0 radical (unpaired) electrons. The standard InChI is InChI=1S/C14H14N4/c1-8-4-5-11(15-6-8)13-12-9(2)10(3)18-14(12)17-7-16-13/h4-7H,1-3H3,(H,16,17,18). The van der Waals surface area contributed by atoms with Crippen molar-refractivity contribution in [2.45, 2.75) is 20.8 Å². The van der Waals surface area contributed by atoms with Crippen LogP contribution < -0.4 is 0 Å². The van der Waals surface area contributed by atoms with Crippen LogP contribution in [0.5, 0.6) is 0 Å². The highest BCUT2D eigenvalue weighted by molar-refractivity contribution is 5.93. The van der Waals surface area contributed by atoms with Crippen molar-refractivity contribution in [3.8, 4) is 11.4 Å². The van der Waals surface area contributed by atoms with E-state index in [0.29, 0.717) is 0 Å². The quantitative estimate of drug-likeness (QED) is 0.709. The van der Waals surface area contributed by atoms with Gasteiger partial charge in [-0.15, -0.1) is 0 Å². The van der Waals surface area contributed by atoms with E-state index in [-0.39, 0.29) is 0 Å². The summed E-state index contributed by atoms with van der Waals surface area (Å²) in [5.74, 6) is 0. The van der Waals surface area contributed by atoms with Crippen LogP contribution in [0.3, 0.4) is 0 Å². The van der Waals surface area contributed by atoms with Gasteiger partial charge in [0.15, 0.2) is 0 Å². The Labute approximate surface area is 105 Å². The second kappa shape index (κ2) is 3.91. The zero-order valence-corrected chi connectivity index (χ0v) is 10.7. The van der Waals surface area contributed by atoms with Crippen molar-refractivity contribution in [2.75, 3.05) is 0 Å². The molecule has 1 N–H and O–H groups in total. The Hall–Kier alpha value is -2.23. The number of pyridine rings is 1. The first-order valence-corrected chi connectivity index (χ1v) is 5.89. The minimum Gasteiger partial charge on any atom is -0.343 e. The Morgan fingerprint density at radius 1 is 1.00 bits per heavy atom. The van der Waals surface area contributed by atoms with Gasteiger partial charge in [-0.25, -0.2) is 9.97 Å². The molecule has 0 unspecified atom stereocenters. The number of nitrogens with zero attached hydrogens (tertiary/aromatic N) is 3. The number of aryl methyl sites for hydroxylation is 3. The van der Waals surface area contributed by atoms with Gasteiger partial charge in [-0.1, -0.05) is 6.07 Å². The molecule has 3 aromatic rings. The van der Waals surface area contributed by atoms with Gasteiger partial charge in [-0.3, -0.25) is 4.98 Å². The number of H-pyrrole nitrogens is 1. The molecule has 3 aromatic heterocycles. The number of aromatic nitrogens is 4. The molecule has 0 aliphatic heterocycles. The Morgan fingerprint density at radius 3 is 2.56 bits per heavy atom. The minimum absolute atomic E-state index is 0.873. The molecule has 3 rings (SSSR count). The summed E-state index contributed by atoms with van der Waals surface area (Å²) in [5.41, 5.74) is 6.10. The van der Waals surface area contributed by atoms with Crippen molar-refractivity contribution in [2.24, 2.45) is 0 Å². The average molecular weight is 238 g/mol. The van der Waals surface area contributed by atoms with E-state index >= 15 is 0 Å². The fourth-order valence-corrected chi connectivity index (χ4v) is 2.10. The topological polar surface area (TPSA) is 54.5 Å². The van der Waals surface area contributed by atoms with E-state index in [1.165, 1.54) is 5.56 Å². The summed E-state index contributed by atoms with van der Waals surface area (Å²) in [6.07, 6.45) is 3.44. The van der Waals surface area contributed by atoms with Gasteiger partial charge in [-0.2, -0.15) is 0 Å². The molecule has 0 atom stereocenters. The summed E-state index contributed by atoms with van der Waals surface area (Å²) >= 11 is 0. The van der Waals surface area contributed by atoms with E-state index in [4.69, 9.17) is 0 Å². The van der Waals surface area contributed by atoms with Crippen LogP contribution in [0.1, 0.15) is 16.8 Å². The molecule has 4 heteroatoms. The van der Waals surface area contributed by atoms with Crippen LogP contribution in [-0.4, -0.2) is 19.9 Å². The maximum Gasteiger partial charge on any atom is 0.141 e. The third-order valence-corrected chi connectivity index (χ3v) is 3.24. The number of hydrogen-bond donors (Lipinski definition) is 1. The van der Waals surface area contributed by atoms with E-state index in [2.05, 4.69) is 26.9 Å². The molecule has 90 valence electrons. The number of hydrogen-bond acceptors (Lipinski definition) is 3. The summed E-state index contributed by atoms with van der Waals surface area (Å²) in [7, 11) is 0. The zero-order valence-electron chi connectivity index (χ0n) is 10.7. The Kier molecular flexibility index (Phi) is 2.37. The predicted octanol–water partition coefficient (Wildman–Crippen LogP) is 2.95. The summed E-state index contributed by atoms with van der Waals surface area (Å²) < 4.78 is 0. The van der Waals surface area contributed by atoms with Crippen LogP contribution in [0, 0.1) is 20.8 Å². The van der Waals surface area contributed by atoms with Crippen molar-refractivity contribution in [1.29, 1.82) is 0 Å². The van der Waals surface area contributed by atoms with Gasteiger partial charge in [0.2, 0.25) is 0 Å². The maximum atomic E-state index is 4.44. The predicted molar refractivity (Wildman–Crippen MR) is 71.3 cm³/mol. The van der Waals surface area contributed by atoms with Crippen LogP contribution >= 0.6 is 0 Å². The van der Waals surface area contributed by atoms with Crippen molar-refractivity contribution < 1.29 is 0 Å². The Balaban J connectivity index is 2.32. The number of nitrogens with one attached hydrogen (secondary N) is 1. The van der Waals surface area contributed by atoms with Gasteiger partial charge >= 0.3 is 0 Å². The summed E-state index contributed by atoms with van der Waals surface area (Å²) in [6.45, 7) is 6.15. The molecule has 18 heavy (non-hydrogen) atoms. The molecule has 0 fully saturated rings. The summed E-state index contributed by atoms with van der Waals surface area (Å²) in [4.78, 5) is 16.4. The maximum absolute atomic E-state index is 4.44. The highest BCUT2D eigenvalue weighted by Crippen LogP contribution is 2.28. The molecule has 0 aromatic carbocycles. The van der Waals surface area contributed by atoms with Crippen LogP contribution in [-0.2, 0) is 0 Å². The normalized spacial score (nSPS) is 11.1. The van der Waals surface area contributed by atoms with E-state index in [1.54, 1.807) is 6.33 Å². The van der Waals surface area contributed by atoms with E-state index in [9.17, 15) is 0 Å². The first kappa shape index (κ1) is 10.9. The van der Waals surface area contributed by atoms with Crippen LogP contribution in [0.25, 0.3) is 22.4 Å². The van der Waals surface area contributed by atoms with Gasteiger partial charge in [0, 0.05) is 17.3 Å². The van der Waals surface area contributed by atoms with Gasteiger partial charge < -0.3 is 4.98 Å². The lowest BCUT2D eigenvalue weighted by atomic mass is 10.1. The molecule has 0 aliphatic carbocycles. The second-order valence-electron chi connectivity index (χ2n) is 4.54. The largest absolute Gasteiger partial charge is 0.343 e. The number of fused-ring (bicyclic) bond motifs is 1. The van der Waals surface area contributed by atoms with Crippen molar-refractivity contribution in [1.82, 2.24) is 19.9 Å². The highest BCUT2D eigenvalue weighted by atomic mass is 14.9. The molecule has 4 nitrogen and oxygen atoms in total. The molecule has 0 saturated carbocycles. The molecular formula is C14H14N4. The minimum atomic E-state index is 0.873. The lowest BCUT2D eigenvalue weighted by Gasteiger charge is -2.02. The molecule has 0 amide bonds. The third-order valence-electron chi connectivity index (χ3n) is 3.24. The number of rotatable bonds is 1. The smallest absolute Gasteiger partial charge is 0.141 e. The van der Waals surface area contributed by atoms with Crippen molar-refractivity contribution >= 4 is 11.0 Å². The van der Waals surface area contributed by atoms with E-state index in [0.717, 1.165) is 33.7 Å². The summed E-state index contributed by atoms with van der Waals surface area (Å²) in [6, 6.07) is 4.05. The van der Waals surface area contributed by atoms with Gasteiger partial charge in [0.1, 0.15) is 17.7 Å². The van der Waals surface area contributed by atoms with E-state index in [1.807, 2.05) is 32.2 Å². The fraction of sp³-hybridized carbons (Fsp3) is 0.214. The van der Waals surface area contributed by atoms with Crippen LogP contribution in [0.15, 0.2) is 24.7 Å². The average Bonchev–Trinajstić information content (AvgIpc) is 2.66. The SMILES string of the molecule is Cc1ccc(-c2ncnc3[nH]c(C)c(C)c23)nc1. The highest BCUT2D eigenvalue weighted by Gasteiger charge is 2.13. The molecule has 3 heterocycles. The lowest BCUT2D eigenvalue weighted by Crippen LogP contribution is -1.91. The van der Waals surface area contributed by atoms with Gasteiger partial charge in [0.25, 0.3) is 0 Å². The van der Waals surface area contributed by atoms with Gasteiger partial charge in [-0.05, 0) is 38.0 Å². The molecule has 0 bridgehead atoms. The second-order valence-corrected chi connectivity index (χ2v) is 4.54. The van der Waals surface area contributed by atoms with Gasteiger partial charge in [0.05, 0.1) is 5.69 Å². The molecule has 0 spiro atoms. The van der Waals surface area contributed by atoms with Crippen molar-refractivity contribution in [3.63, 3.8) is 0 Å². The number of aromatic amines is 1. The molecule has 0 saturated heterocycles. The third kappa shape index (κ3) is 1.57.